The van der Waals surface area contributed by atoms with Crippen molar-refractivity contribution in [3.05, 3.63) is 84.4 Å². The summed E-state index contributed by atoms with van der Waals surface area (Å²) in [6, 6.07) is 25.7. The lowest BCUT2D eigenvalue weighted by molar-refractivity contribution is 0.251. The van der Waals surface area contributed by atoms with Crippen molar-refractivity contribution in [3.8, 4) is 11.4 Å². The summed E-state index contributed by atoms with van der Waals surface area (Å²) < 4.78 is 2.15. The van der Waals surface area contributed by atoms with Crippen LogP contribution in [0, 0.1) is 6.92 Å². The molecule has 2 amide bonds. The number of amides is 2. The first-order chi connectivity index (χ1) is 13.7. The van der Waals surface area contributed by atoms with E-state index < -0.39 is 0 Å². The molecule has 5 nitrogen and oxygen atoms in total. The first-order valence-corrected chi connectivity index (χ1v) is 9.33. The van der Waals surface area contributed by atoms with Gasteiger partial charge in [-0.2, -0.15) is 0 Å². The molecule has 3 aromatic carbocycles. The fraction of sp³-hybridized carbons (Fsp3) is 0.130. The van der Waals surface area contributed by atoms with Crippen molar-refractivity contribution in [2.24, 2.45) is 0 Å². The van der Waals surface area contributed by atoms with Gasteiger partial charge in [-0.1, -0.05) is 54.6 Å². The Kier molecular flexibility index (Phi) is 5.06. The van der Waals surface area contributed by atoms with Gasteiger partial charge in [0, 0.05) is 24.3 Å². The van der Waals surface area contributed by atoms with E-state index in [2.05, 4.69) is 33.4 Å². The molecule has 1 aromatic heterocycles. The highest BCUT2D eigenvalue weighted by molar-refractivity contribution is 5.89. The lowest BCUT2D eigenvalue weighted by atomic mass is 10.2. The molecule has 0 fully saturated rings. The molecule has 0 aliphatic heterocycles. The minimum absolute atomic E-state index is 0.212. The number of carbonyl (C=O) groups is 1. The largest absolute Gasteiger partial charge is 0.336 e. The maximum absolute atomic E-state index is 12.2. The van der Waals surface area contributed by atoms with Gasteiger partial charge in [-0.15, -0.1) is 0 Å². The number of hydrogen-bond acceptors (Lipinski definition) is 2. The van der Waals surface area contributed by atoms with Crippen LogP contribution >= 0.6 is 0 Å². The van der Waals surface area contributed by atoms with Crippen molar-refractivity contribution in [3.63, 3.8) is 0 Å². The van der Waals surface area contributed by atoms with Crippen molar-refractivity contribution in [1.82, 2.24) is 14.9 Å². The molecule has 0 radical (unpaired) electrons. The van der Waals surface area contributed by atoms with Gasteiger partial charge in [-0.25, -0.2) is 9.78 Å². The van der Waals surface area contributed by atoms with Gasteiger partial charge < -0.3 is 15.2 Å². The monoisotopic (exact) mass is 370 g/mol. The SMILES string of the molecule is Cc1cccc(NC(=O)NCCn2c(-c3ccccc3)nc3ccccc32)c1. The van der Waals surface area contributed by atoms with Crippen molar-refractivity contribution in [1.29, 1.82) is 0 Å². The molecule has 140 valence electrons. The molecule has 0 saturated heterocycles. The molecule has 0 aliphatic carbocycles. The number of nitrogens with one attached hydrogen (secondary N) is 2. The predicted molar refractivity (Wildman–Crippen MR) is 113 cm³/mol. The van der Waals surface area contributed by atoms with Crippen LogP contribution in [-0.4, -0.2) is 22.1 Å². The maximum atomic E-state index is 12.2. The number of carbonyl (C=O) groups excluding carboxylic acids is 1. The van der Waals surface area contributed by atoms with Crippen LogP contribution in [-0.2, 0) is 6.54 Å². The quantitative estimate of drug-likeness (QED) is 0.528. The van der Waals surface area contributed by atoms with Gasteiger partial charge >= 0.3 is 6.03 Å². The lowest BCUT2D eigenvalue weighted by Gasteiger charge is -2.11. The number of imidazole rings is 1. The van der Waals surface area contributed by atoms with Crippen LogP contribution in [0.4, 0.5) is 10.5 Å². The van der Waals surface area contributed by atoms with E-state index in [1.807, 2.05) is 67.6 Å². The van der Waals surface area contributed by atoms with E-state index in [0.29, 0.717) is 13.1 Å². The fourth-order valence-corrected chi connectivity index (χ4v) is 3.29. The van der Waals surface area contributed by atoms with Crippen LogP contribution in [0.2, 0.25) is 0 Å². The molecule has 0 aliphatic rings. The summed E-state index contributed by atoms with van der Waals surface area (Å²) in [4.78, 5) is 17.0. The van der Waals surface area contributed by atoms with Crippen molar-refractivity contribution in [2.75, 3.05) is 11.9 Å². The second kappa shape index (κ2) is 7.96. The molecule has 28 heavy (non-hydrogen) atoms. The minimum atomic E-state index is -0.212. The number of urea groups is 1. The Balaban J connectivity index is 1.49. The molecule has 0 atom stereocenters. The number of aromatic nitrogens is 2. The third-order valence-electron chi connectivity index (χ3n) is 4.58. The van der Waals surface area contributed by atoms with E-state index >= 15 is 0 Å². The minimum Gasteiger partial charge on any atom is -0.336 e. The van der Waals surface area contributed by atoms with E-state index in [9.17, 15) is 4.79 Å². The molecule has 0 unspecified atom stereocenters. The number of benzene rings is 3. The Morgan fingerprint density at radius 1 is 0.964 bits per heavy atom. The lowest BCUT2D eigenvalue weighted by Crippen LogP contribution is -2.31. The number of fused-ring (bicyclic) bond motifs is 1. The van der Waals surface area contributed by atoms with Gasteiger partial charge in [-0.3, -0.25) is 0 Å². The molecule has 0 bridgehead atoms. The number of para-hydroxylation sites is 2. The van der Waals surface area contributed by atoms with Crippen LogP contribution < -0.4 is 10.6 Å². The van der Waals surface area contributed by atoms with Crippen LogP contribution in [0.5, 0.6) is 0 Å². The first kappa shape index (κ1) is 17.8. The highest BCUT2D eigenvalue weighted by Gasteiger charge is 2.12. The van der Waals surface area contributed by atoms with E-state index in [4.69, 9.17) is 4.98 Å². The standard InChI is InChI=1S/C23H22N4O/c1-17-8-7-11-19(16-17)25-23(28)24-14-15-27-21-13-6-5-12-20(21)26-22(27)18-9-3-2-4-10-18/h2-13,16H,14-15H2,1H3,(H2,24,25,28). The highest BCUT2D eigenvalue weighted by atomic mass is 16.2. The molecule has 1 heterocycles. The molecule has 0 spiro atoms. The van der Waals surface area contributed by atoms with Gasteiger partial charge in [0.2, 0.25) is 0 Å². The fourth-order valence-electron chi connectivity index (χ4n) is 3.29. The van der Waals surface area contributed by atoms with Crippen molar-refractivity contribution in [2.45, 2.75) is 13.5 Å². The molecule has 4 aromatic rings. The average molecular weight is 370 g/mol. The Bertz CT molecular complexity index is 1100. The number of anilines is 1. The topological polar surface area (TPSA) is 59.0 Å². The Hall–Kier alpha value is -3.60. The Morgan fingerprint density at radius 3 is 2.57 bits per heavy atom. The average Bonchev–Trinajstić information content (AvgIpc) is 3.07. The van der Waals surface area contributed by atoms with Crippen LogP contribution in [0.15, 0.2) is 78.9 Å². The van der Waals surface area contributed by atoms with Gasteiger partial charge in [0.25, 0.3) is 0 Å². The zero-order valence-corrected chi connectivity index (χ0v) is 15.7. The maximum Gasteiger partial charge on any atom is 0.319 e. The summed E-state index contributed by atoms with van der Waals surface area (Å²) in [6.45, 7) is 3.13. The number of aryl methyl sites for hydroxylation is 1. The summed E-state index contributed by atoms with van der Waals surface area (Å²) >= 11 is 0. The summed E-state index contributed by atoms with van der Waals surface area (Å²) in [7, 11) is 0. The van der Waals surface area contributed by atoms with E-state index in [0.717, 1.165) is 33.7 Å². The predicted octanol–water partition coefficient (Wildman–Crippen LogP) is 4.83. The first-order valence-electron chi connectivity index (χ1n) is 9.33. The second-order valence-corrected chi connectivity index (χ2v) is 6.69. The zero-order chi connectivity index (χ0) is 19.3. The van der Waals surface area contributed by atoms with Crippen molar-refractivity contribution < 1.29 is 4.79 Å². The highest BCUT2D eigenvalue weighted by Crippen LogP contribution is 2.24. The van der Waals surface area contributed by atoms with Crippen LogP contribution in [0.1, 0.15) is 5.56 Å². The van der Waals surface area contributed by atoms with E-state index in [1.54, 1.807) is 0 Å². The Labute approximate surface area is 164 Å². The number of nitrogens with zero attached hydrogens (tertiary/aromatic N) is 2. The number of hydrogen-bond donors (Lipinski definition) is 2. The van der Waals surface area contributed by atoms with E-state index in [1.165, 1.54) is 0 Å². The van der Waals surface area contributed by atoms with Crippen LogP contribution in [0.25, 0.3) is 22.4 Å². The third-order valence-corrected chi connectivity index (χ3v) is 4.58. The molecule has 5 heteroatoms. The molecule has 0 saturated carbocycles. The van der Waals surface area contributed by atoms with Gasteiger partial charge in [0.1, 0.15) is 5.82 Å². The normalized spacial score (nSPS) is 10.8. The molecule has 2 N–H and O–H groups in total. The van der Waals surface area contributed by atoms with Gasteiger partial charge in [0.15, 0.2) is 0 Å². The summed E-state index contributed by atoms with van der Waals surface area (Å²) in [6.07, 6.45) is 0. The second-order valence-electron chi connectivity index (χ2n) is 6.69. The summed E-state index contributed by atoms with van der Waals surface area (Å²) in [5, 5.41) is 5.80. The third kappa shape index (κ3) is 3.88. The van der Waals surface area contributed by atoms with Gasteiger partial charge in [0.05, 0.1) is 11.0 Å². The summed E-state index contributed by atoms with van der Waals surface area (Å²) in [5.74, 6) is 0.905. The van der Waals surface area contributed by atoms with Crippen LogP contribution in [0.3, 0.4) is 0 Å². The molecule has 4 rings (SSSR count). The smallest absolute Gasteiger partial charge is 0.319 e. The molecular formula is C23H22N4O. The number of rotatable bonds is 5. The van der Waals surface area contributed by atoms with Gasteiger partial charge in [-0.05, 0) is 36.8 Å². The zero-order valence-electron chi connectivity index (χ0n) is 15.7. The Morgan fingerprint density at radius 2 is 1.75 bits per heavy atom. The van der Waals surface area contributed by atoms with E-state index in [-0.39, 0.29) is 6.03 Å². The summed E-state index contributed by atoms with van der Waals surface area (Å²) in [5.41, 5.74) is 4.96. The molecular weight excluding hydrogens is 348 g/mol. The van der Waals surface area contributed by atoms with Crippen molar-refractivity contribution >= 4 is 22.8 Å².